The first-order valence-electron chi connectivity index (χ1n) is 8.60. The third kappa shape index (κ3) is 5.98. The van der Waals surface area contributed by atoms with Crippen molar-refractivity contribution in [3.63, 3.8) is 0 Å². The number of benzene rings is 1. The number of amides is 1. The van der Waals surface area contributed by atoms with E-state index < -0.39 is 16.1 Å². The van der Waals surface area contributed by atoms with Gasteiger partial charge >= 0.3 is 0 Å². The van der Waals surface area contributed by atoms with Crippen LogP contribution in [-0.2, 0) is 14.8 Å². The molecule has 2 rings (SSSR count). The second kappa shape index (κ2) is 9.17. The average molecular weight is 370 g/mol. The molecule has 1 saturated carbocycles. The third-order valence-corrected chi connectivity index (χ3v) is 5.65. The molecule has 0 saturated heterocycles. The number of ether oxygens (including phenoxy) is 1. The number of rotatable bonds is 8. The molecule has 0 aromatic heterocycles. The smallest absolute Gasteiger partial charge is 0.260 e. The SMILES string of the molecule is C[C@H](Oc1ccc(S(=O)(=O)NCCO)cc1)C(=O)NC1CCCCC1. The van der Waals surface area contributed by atoms with Crippen molar-refractivity contribution in [1.82, 2.24) is 10.0 Å². The Labute approximate surface area is 148 Å². The zero-order valence-corrected chi connectivity index (χ0v) is 15.2. The lowest BCUT2D eigenvalue weighted by Gasteiger charge is -2.24. The molecular formula is C17H26N2O5S. The Morgan fingerprint density at radius 3 is 2.48 bits per heavy atom. The van der Waals surface area contributed by atoms with Crippen LogP contribution in [0.3, 0.4) is 0 Å². The number of hydrogen-bond acceptors (Lipinski definition) is 5. The van der Waals surface area contributed by atoms with Crippen LogP contribution in [0.15, 0.2) is 29.2 Å². The second-order valence-electron chi connectivity index (χ2n) is 6.20. The standard InChI is InChI=1S/C17H26N2O5S/c1-13(17(21)19-14-5-3-2-4-6-14)24-15-7-9-16(10-8-15)25(22,23)18-11-12-20/h7-10,13-14,18,20H,2-6,11-12H2,1H3,(H,19,21)/t13-/m0/s1. The zero-order valence-electron chi connectivity index (χ0n) is 14.4. The topological polar surface area (TPSA) is 105 Å². The van der Waals surface area contributed by atoms with Gasteiger partial charge in [-0.1, -0.05) is 19.3 Å². The molecule has 1 aliphatic rings. The molecule has 1 atom stereocenters. The molecule has 25 heavy (non-hydrogen) atoms. The van der Waals surface area contributed by atoms with E-state index in [1.165, 1.54) is 30.7 Å². The molecule has 1 amide bonds. The largest absolute Gasteiger partial charge is 0.481 e. The van der Waals surface area contributed by atoms with E-state index in [-0.39, 0.29) is 30.0 Å². The fourth-order valence-electron chi connectivity index (χ4n) is 2.78. The Morgan fingerprint density at radius 2 is 1.88 bits per heavy atom. The summed E-state index contributed by atoms with van der Waals surface area (Å²) in [7, 11) is -3.65. The number of carbonyl (C=O) groups excluding carboxylic acids is 1. The Hall–Kier alpha value is -1.64. The van der Waals surface area contributed by atoms with Crippen molar-refractivity contribution in [2.45, 2.75) is 56.1 Å². The highest BCUT2D eigenvalue weighted by Crippen LogP contribution is 2.19. The number of carbonyl (C=O) groups is 1. The van der Waals surface area contributed by atoms with E-state index >= 15 is 0 Å². The second-order valence-corrected chi connectivity index (χ2v) is 7.96. The predicted molar refractivity (Wildman–Crippen MR) is 93.8 cm³/mol. The molecule has 0 heterocycles. The van der Waals surface area contributed by atoms with Gasteiger partial charge in [-0.2, -0.15) is 0 Å². The summed E-state index contributed by atoms with van der Waals surface area (Å²) in [6, 6.07) is 6.05. The lowest BCUT2D eigenvalue weighted by atomic mass is 9.95. The molecular weight excluding hydrogens is 344 g/mol. The van der Waals surface area contributed by atoms with Crippen molar-refractivity contribution < 1.29 is 23.1 Å². The summed E-state index contributed by atoms with van der Waals surface area (Å²) in [6.07, 6.45) is 4.86. The van der Waals surface area contributed by atoms with Crippen molar-refractivity contribution in [2.24, 2.45) is 0 Å². The van der Waals surface area contributed by atoms with E-state index in [0.717, 1.165) is 25.7 Å². The van der Waals surface area contributed by atoms with E-state index in [0.29, 0.717) is 5.75 Å². The van der Waals surface area contributed by atoms with Gasteiger partial charge in [-0.3, -0.25) is 4.79 Å². The monoisotopic (exact) mass is 370 g/mol. The highest BCUT2D eigenvalue weighted by atomic mass is 32.2. The van der Waals surface area contributed by atoms with Crippen molar-refractivity contribution in [3.05, 3.63) is 24.3 Å². The molecule has 140 valence electrons. The number of hydrogen-bond donors (Lipinski definition) is 3. The summed E-state index contributed by atoms with van der Waals surface area (Å²) < 4.78 is 31.7. The Bertz CT molecular complexity index is 654. The van der Waals surface area contributed by atoms with Gasteiger partial charge in [0.05, 0.1) is 11.5 Å². The van der Waals surface area contributed by atoms with Crippen LogP contribution in [0.25, 0.3) is 0 Å². The van der Waals surface area contributed by atoms with Crippen molar-refractivity contribution in [2.75, 3.05) is 13.2 Å². The maximum Gasteiger partial charge on any atom is 0.260 e. The van der Waals surface area contributed by atoms with Crippen LogP contribution in [0.5, 0.6) is 5.75 Å². The van der Waals surface area contributed by atoms with Gasteiger partial charge in [0.1, 0.15) is 5.75 Å². The van der Waals surface area contributed by atoms with E-state index in [1.54, 1.807) is 6.92 Å². The van der Waals surface area contributed by atoms with E-state index in [1.807, 2.05) is 0 Å². The van der Waals surface area contributed by atoms with Crippen LogP contribution in [0.1, 0.15) is 39.0 Å². The van der Waals surface area contributed by atoms with Gasteiger partial charge in [0.25, 0.3) is 5.91 Å². The Kier molecular flexibility index (Phi) is 7.22. The third-order valence-electron chi connectivity index (χ3n) is 4.17. The number of sulfonamides is 1. The zero-order chi connectivity index (χ0) is 18.3. The fourth-order valence-corrected chi connectivity index (χ4v) is 3.80. The first kappa shape index (κ1) is 19.7. The van der Waals surface area contributed by atoms with Gasteiger partial charge in [0.15, 0.2) is 6.10 Å². The Balaban J connectivity index is 1.90. The quantitative estimate of drug-likeness (QED) is 0.637. The molecule has 8 heteroatoms. The van der Waals surface area contributed by atoms with Crippen molar-refractivity contribution >= 4 is 15.9 Å². The van der Waals surface area contributed by atoms with Gasteiger partial charge in [-0.15, -0.1) is 0 Å². The van der Waals surface area contributed by atoms with Gasteiger partial charge in [0.2, 0.25) is 10.0 Å². The van der Waals surface area contributed by atoms with Crippen LogP contribution in [0, 0.1) is 0 Å². The maximum atomic E-state index is 12.2. The van der Waals surface area contributed by atoms with Gasteiger partial charge < -0.3 is 15.2 Å². The lowest BCUT2D eigenvalue weighted by molar-refractivity contribution is -0.128. The first-order valence-corrected chi connectivity index (χ1v) is 10.1. The molecule has 1 aromatic rings. The summed E-state index contributed by atoms with van der Waals surface area (Å²) in [5, 5.41) is 11.7. The highest BCUT2D eigenvalue weighted by molar-refractivity contribution is 7.89. The summed E-state index contributed by atoms with van der Waals surface area (Å²) in [5.41, 5.74) is 0. The predicted octanol–water partition coefficient (Wildman–Crippen LogP) is 1.17. The van der Waals surface area contributed by atoms with Gasteiger partial charge in [0, 0.05) is 12.6 Å². The highest BCUT2D eigenvalue weighted by Gasteiger charge is 2.21. The molecule has 1 aliphatic carbocycles. The minimum absolute atomic E-state index is 0.0427. The van der Waals surface area contributed by atoms with E-state index in [2.05, 4.69) is 10.0 Å². The number of nitrogens with one attached hydrogen (secondary N) is 2. The van der Waals surface area contributed by atoms with Gasteiger partial charge in [-0.05, 0) is 44.0 Å². The van der Waals surface area contributed by atoms with Crippen LogP contribution >= 0.6 is 0 Å². The molecule has 0 unspecified atom stereocenters. The molecule has 7 nitrogen and oxygen atoms in total. The molecule has 1 aromatic carbocycles. The molecule has 3 N–H and O–H groups in total. The van der Waals surface area contributed by atoms with Crippen LogP contribution in [0.4, 0.5) is 0 Å². The first-order chi connectivity index (χ1) is 11.9. The van der Waals surface area contributed by atoms with Crippen LogP contribution in [-0.4, -0.2) is 44.7 Å². The lowest BCUT2D eigenvalue weighted by Crippen LogP contribution is -2.43. The van der Waals surface area contributed by atoms with Crippen molar-refractivity contribution in [3.8, 4) is 5.75 Å². The average Bonchev–Trinajstić information content (AvgIpc) is 2.61. The van der Waals surface area contributed by atoms with E-state index in [4.69, 9.17) is 9.84 Å². The molecule has 0 radical (unpaired) electrons. The normalized spacial score (nSPS) is 17.0. The minimum atomic E-state index is -3.65. The molecule has 0 bridgehead atoms. The summed E-state index contributed by atoms with van der Waals surface area (Å²) in [6.45, 7) is 1.36. The van der Waals surface area contributed by atoms with Gasteiger partial charge in [-0.25, -0.2) is 13.1 Å². The van der Waals surface area contributed by atoms with E-state index in [9.17, 15) is 13.2 Å². The fraction of sp³-hybridized carbons (Fsp3) is 0.588. The summed E-state index contributed by atoms with van der Waals surface area (Å²) >= 11 is 0. The maximum absolute atomic E-state index is 12.2. The molecule has 0 spiro atoms. The number of aliphatic hydroxyl groups excluding tert-OH is 1. The minimum Gasteiger partial charge on any atom is -0.481 e. The summed E-state index contributed by atoms with van der Waals surface area (Å²) in [4.78, 5) is 12.3. The number of aliphatic hydroxyl groups is 1. The molecule has 1 fully saturated rings. The molecule has 0 aliphatic heterocycles. The Morgan fingerprint density at radius 1 is 1.24 bits per heavy atom. The summed E-state index contributed by atoms with van der Waals surface area (Å²) in [5.74, 6) is 0.264. The van der Waals surface area contributed by atoms with Crippen LogP contribution < -0.4 is 14.8 Å². The van der Waals surface area contributed by atoms with Crippen molar-refractivity contribution in [1.29, 1.82) is 0 Å². The van der Waals surface area contributed by atoms with Crippen LogP contribution in [0.2, 0.25) is 0 Å².